The molecule has 1 aliphatic rings. The number of cyclic esters (lactones) is 1. The number of fused-ring (bicyclic) bond motifs is 1. The lowest BCUT2D eigenvalue weighted by Crippen LogP contribution is -2.13. The molecule has 0 unspecified atom stereocenters. The van der Waals surface area contributed by atoms with Crippen molar-refractivity contribution in [3.8, 4) is 5.69 Å². The number of benzene rings is 2. The van der Waals surface area contributed by atoms with E-state index < -0.39 is 29.7 Å². The van der Waals surface area contributed by atoms with Crippen molar-refractivity contribution in [2.45, 2.75) is 19.3 Å². The molecule has 0 saturated heterocycles. The van der Waals surface area contributed by atoms with Crippen LogP contribution in [0.15, 0.2) is 47.5 Å². The Bertz CT molecular complexity index is 1280. The number of nitrogens with zero attached hydrogens (tertiary/aromatic N) is 3. The zero-order valence-corrected chi connectivity index (χ0v) is 18.0. The molecule has 32 heavy (non-hydrogen) atoms. The molecule has 0 atom stereocenters. The molecule has 12 heteroatoms. The Kier molecular flexibility index (Phi) is 5.30. The summed E-state index contributed by atoms with van der Waals surface area (Å²) in [7, 11) is 0. The highest BCUT2D eigenvalue weighted by molar-refractivity contribution is 14.1. The van der Waals surface area contributed by atoms with Gasteiger partial charge in [-0.05, 0) is 65.4 Å². The van der Waals surface area contributed by atoms with Crippen LogP contribution in [0.4, 0.5) is 32.0 Å². The molecular formula is C20H10F6IN3O2. The van der Waals surface area contributed by atoms with Gasteiger partial charge in [-0.3, -0.25) is 0 Å². The number of hydrogen-bond acceptors (Lipinski definition) is 4. The van der Waals surface area contributed by atoms with Crippen molar-refractivity contribution in [1.29, 1.82) is 0 Å². The molecule has 166 valence electrons. The number of alkyl halides is 6. The third kappa shape index (κ3) is 3.98. The average Bonchev–Trinajstić information content (AvgIpc) is 3.26. The first-order valence-corrected chi connectivity index (χ1v) is 9.89. The fraction of sp³-hybridized carbons (Fsp3) is 0.150. The first-order chi connectivity index (χ1) is 14.9. The Balaban J connectivity index is 1.77. The Morgan fingerprint density at radius 1 is 1.03 bits per heavy atom. The maximum absolute atomic E-state index is 13.3. The Morgan fingerprint density at radius 3 is 2.38 bits per heavy atom. The summed E-state index contributed by atoms with van der Waals surface area (Å²) in [6.07, 6.45) is -10.1. The summed E-state index contributed by atoms with van der Waals surface area (Å²) < 4.78 is 84.8. The molecule has 0 N–H and O–H groups in total. The molecule has 0 saturated carbocycles. The SMILES string of the molecule is Cc1cc(-n2nc(C(F)(F)F)cc2C(F)(F)F)ccc1/N=C1\OC(=O)c2c(I)cccc21. The van der Waals surface area contributed by atoms with Crippen LogP contribution < -0.4 is 0 Å². The smallest absolute Gasteiger partial charge is 0.403 e. The number of aromatic nitrogens is 2. The molecule has 0 amide bonds. The Labute approximate surface area is 189 Å². The highest BCUT2D eigenvalue weighted by Gasteiger charge is 2.42. The minimum absolute atomic E-state index is 0.0220. The number of ether oxygens (including phenoxy) is 1. The summed E-state index contributed by atoms with van der Waals surface area (Å²) >= 11 is 1.98. The number of aliphatic imine (C=N–C) groups is 1. The Morgan fingerprint density at radius 2 is 1.75 bits per heavy atom. The normalized spacial score (nSPS) is 15.2. The van der Waals surface area contributed by atoms with E-state index in [0.29, 0.717) is 20.3 Å². The topological polar surface area (TPSA) is 56.5 Å². The van der Waals surface area contributed by atoms with E-state index >= 15 is 0 Å². The third-order valence-corrected chi connectivity index (χ3v) is 5.47. The van der Waals surface area contributed by atoms with Gasteiger partial charge < -0.3 is 4.74 Å². The van der Waals surface area contributed by atoms with Gasteiger partial charge in [0.25, 0.3) is 0 Å². The van der Waals surface area contributed by atoms with E-state index in [-0.39, 0.29) is 28.0 Å². The molecule has 2 heterocycles. The van der Waals surface area contributed by atoms with Gasteiger partial charge in [-0.25, -0.2) is 14.5 Å². The van der Waals surface area contributed by atoms with Gasteiger partial charge in [0.15, 0.2) is 5.69 Å². The Hall–Kier alpha value is -2.90. The van der Waals surface area contributed by atoms with Crippen LogP contribution in [-0.2, 0) is 17.1 Å². The number of aryl methyl sites for hydroxylation is 1. The van der Waals surface area contributed by atoms with E-state index in [1.54, 1.807) is 18.2 Å². The summed E-state index contributed by atoms with van der Waals surface area (Å²) in [4.78, 5) is 16.4. The lowest BCUT2D eigenvalue weighted by atomic mass is 10.1. The number of carbonyl (C=O) groups excluding carboxylic acids is 1. The van der Waals surface area contributed by atoms with Gasteiger partial charge in [-0.2, -0.15) is 31.4 Å². The number of esters is 1. The van der Waals surface area contributed by atoms with Gasteiger partial charge in [0.2, 0.25) is 5.90 Å². The third-order valence-electron chi connectivity index (χ3n) is 4.57. The monoisotopic (exact) mass is 565 g/mol. The van der Waals surface area contributed by atoms with E-state index in [1.165, 1.54) is 19.1 Å². The molecule has 0 spiro atoms. The maximum Gasteiger partial charge on any atom is 0.435 e. The molecule has 0 bridgehead atoms. The van der Waals surface area contributed by atoms with Crippen molar-refractivity contribution in [2.75, 3.05) is 0 Å². The van der Waals surface area contributed by atoms with E-state index in [1.807, 2.05) is 22.6 Å². The van der Waals surface area contributed by atoms with E-state index in [9.17, 15) is 31.1 Å². The molecule has 3 aromatic rings. The zero-order valence-electron chi connectivity index (χ0n) is 15.8. The van der Waals surface area contributed by atoms with Crippen LogP contribution in [0.1, 0.15) is 32.9 Å². The van der Waals surface area contributed by atoms with Crippen molar-refractivity contribution in [2.24, 2.45) is 4.99 Å². The second kappa shape index (κ2) is 7.60. The highest BCUT2D eigenvalue weighted by Crippen LogP contribution is 2.37. The lowest BCUT2D eigenvalue weighted by molar-refractivity contribution is -0.143. The standard InChI is InChI=1S/C20H10F6IN3O2/c1-9-7-10(30-15(20(24,25)26)8-14(29-30)19(21,22)23)5-6-13(9)28-17-11-3-2-4-12(27)16(11)18(31)32-17/h2-8H,1H3/b28-17-. The molecule has 4 rings (SSSR count). The molecular weight excluding hydrogens is 555 g/mol. The summed E-state index contributed by atoms with van der Waals surface area (Å²) in [5.74, 6) is -0.558. The molecule has 1 aromatic heterocycles. The van der Waals surface area contributed by atoms with Crippen molar-refractivity contribution in [3.05, 3.63) is 74.1 Å². The summed E-state index contributed by atoms with van der Waals surface area (Å²) in [5, 5.41) is 3.11. The molecule has 0 radical (unpaired) electrons. The van der Waals surface area contributed by atoms with Crippen LogP contribution in [0.3, 0.4) is 0 Å². The average molecular weight is 565 g/mol. The predicted octanol–water partition coefficient (Wildman–Crippen LogP) is 6.07. The fourth-order valence-electron chi connectivity index (χ4n) is 3.11. The highest BCUT2D eigenvalue weighted by atomic mass is 127. The quantitative estimate of drug-likeness (QED) is 0.216. The van der Waals surface area contributed by atoms with Crippen LogP contribution in [0, 0.1) is 10.5 Å². The summed E-state index contributed by atoms with van der Waals surface area (Å²) in [5.41, 5.74) is -2.03. The number of halogens is 7. The number of carbonyl (C=O) groups is 1. The van der Waals surface area contributed by atoms with Gasteiger partial charge in [0.05, 0.1) is 22.5 Å². The van der Waals surface area contributed by atoms with Crippen molar-refractivity contribution in [3.63, 3.8) is 0 Å². The van der Waals surface area contributed by atoms with Crippen molar-refractivity contribution in [1.82, 2.24) is 9.78 Å². The van der Waals surface area contributed by atoms with Gasteiger partial charge in [-0.1, -0.05) is 6.07 Å². The van der Waals surface area contributed by atoms with Gasteiger partial charge in [-0.15, -0.1) is 0 Å². The van der Waals surface area contributed by atoms with Crippen LogP contribution >= 0.6 is 22.6 Å². The fourth-order valence-corrected chi connectivity index (χ4v) is 3.83. The molecule has 1 aliphatic heterocycles. The zero-order chi connectivity index (χ0) is 23.4. The predicted molar refractivity (Wildman–Crippen MR) is 109 cm³/mol. The van der Waals surface area contributed by atoms with E-state index in [4.69, 9.17) is 4.74 Å². The van der Waals surface area contributed by atoms with Crippen molar-refractivity contribution >= 4 is 40.1 Å². The lowest BCUT2D eigenvalue weighted by Gasteiger charge is -2.11. The van der Waals surface area contributed by atoms with Gasteiger partial charge in [0, 0.05) is 9.64 Å². The van der Waals surface area contributed by atoms with E-state index in [2.05, 4.69) is 10.1 Å². The van der Waals surface area contributed by atoms with Crippen LogP contribution in [0.2, 0.25) is 0 Å². The minimum Gasteiger partial charge on any atom is -0.403 e. The summed E-state index contributed by atoms with van der Waals surface area (Å²) in [6, 6.07) is 8.72. The second-order valence-electron chi connectivity index (χ2n) is 6.76. The number of rotatable bonds is 2. The maximum atomic E-state index is 13.3. The van der Waals surface area contributed by atoms with Crippen molar-refractivity contribution < 1.29 is 35.9 Å². The van der Waals surface area contributed by atoms with E-state index in [0.717, 1.165) is 6.07 Å². The van der Waals surface area contributed by atoms with Crippen LogP contribution in [-0.4, -0.2) is 21.6 Å². The largest absolute Gasteiger partial charge is 0.435 e. The molecule has 5 nitrogen and oxygen atoms in total. The van der Waals surface area contributed by atoms with Crippen LogP contribution in [0.25, 0.3) is 5.69 Å². The van der Waals surface area contributed by atoms with Gasteiger partial charge in [0.1, 0.15) is 5.69 Å². The van der Waals surface area contributed by atoms with Gasteiger partial charge >= 0.3 is 18.3 Å². The minimum atomic E-state index is -5.05. The molecule has 0 aliphatic carbocycles. The van der Waals surface area contributed by atoms with Crippen LogP contribution in [0.5, 0.6) is 0 Å². The molecule has 2 aromatic carbocycles. The number of hydrogen-bond donors (Lipinski definition) is 0. The first-order valence-electron chi connectivity index (χ1n) is 8.81. The molecule has 0 fully saturated rings. The first kappa shape index (κ1) is 22.3. The summed E-state index contributed by atoms with van der Waals surface area (Å²) in [6.45, 7) is 1.51. The second-order valence-corrected chi connectivity index (χ2v) is 7.92.